The van der Waals surface area contributed by atoms with Gasteiger partial charge in [0.15, 0.2) is 0 Å². The maximum Gasteiger partial charge on any atom is 0.0782 e. The van der Waals surface area contributed by atoms with Crippen LogP contribution in [0.15, 0.2) is 212 Å². The predicted molar refractivity (Wildman–Crippen MR) is 252 cm³/mol. The Balaban J connectivity index is 1.09. The molecule has 1 aromatic heterocycles. The number of nitrogens with zero attached hydrogens (tertiary/aromatic N) is 3. The van der Waals surface area contributed by atoms with Crippen molar-refractivity contribution in [1.29, 1.82) is 0 Å². The zero-order valence-electron chi connectivity index (χ0n) is 33.5. The number of hydrogen-bond donors (Lipinski definition) is 0. The first-order chi connectivity index (χ1) is 29.5. The molecule has 8 bridgehead atoms. The SMILES string of the molecule is CC1(C)c2ccccc2-c2ccc(N3c4cccc(c4)-c4cccc(c4)N(c4cccc5c6ccccc6n(-c6ccccc6)c45)c4cccc(c4)-c4cccc3c4)cc21. The minimum atomic E-state index is -0.110. The Labute approximate surface area is 350 Å². The molecule has 1 aliphatic carbocycles. The van der Waals surface area contributed by atoms with Crippen LogP contribution >= 0.6 is 0 Å². The first-order valence-electron chi connectivity index (χ1n) is 20.8. The van der Waals surface area contributed by atoms with E-state index < -0.39 is 0 Å². The first kappa shape index (κ1) is 34.4. The third kappa shape index (κ3) is 5.22. The van der Waals surface area contributed by atoms with E-state index in [4.69, 9.17) is 0 Å². The van der Waals surface area contributed by atoms with E-state index >= 15 is 0 Å². The van der Waals surface area contributed by atoms with E-state index in [1.165, 1.54) is 44.1 Å². The van der Waals surface area contributed by atoms with Gasteiger partial charge in [-0.2, -0.15) is 0 Å². The Morgan fingerprint density at radius 2 is 0.817 bits per heavy atom. The lowest BCUT2D eigenvalue weighted by atomic mass is 9.82. The van der Waals surface area contributed by atoms with Gasteiger partial charge in [0, 0.05) is 50.3 Å². The minimum Gasteiger partial charge on any atom is -0.310 e. The number of anilines is 6. The second-order valence-electron chi connectivity index (χ2n) is 16.6. The summed E-state index contributed by atoms with van der Waals surface area (Å²) in [5, 5.41) is 2.45. The summed E-state index contributed by atoms with van der Waals surface area (Å²) in [5.74, 6) is 0. The number of para-hydroxylation sites is 3. The van der Waals surface area contributed by atoms with Crippen molar-refractivity contribution in [2.24, 2.45) is 0 Å². The Bertz CT molecular complexity index is 3230. The van der Waals surface area contributed by atoms with Crippen LogP contribution in [0.2, 0.25) is 0 Å². The maximum atomic E-state index is 2.45. The number of hydrogen-bond acceptors (Lipinski definition) is 2. The molecule has 10 aromatic rings. The summed E-state index contributed by atoms with van der Waals surface area (Å²) >= 11 is 0. The number of aromatic nitrogens is 1. The van der Waals surface area contributed by atoms with Gasteiger partial charge in [0.1, 0.15) is 0 Å². The highest BCUT2D eigenvalue weighted by Gasteiger charge is 2.36. The Morgan fingerprint density at radius 3 is 1.47 bits per heavy atom. The third-order valence-corrected chi connectivity index (χ3v) is 12.8. The van der Waals surface area contributed by atoms with Crippen molar-refractivity contribution in [3.8, 4) is 39.1 Å². The molecule has 3 nitrogen and oxygen atoms in total. The van der Waals surface area contributed by atoms with Crippen LogP contribution in [-0.4, -0.2) is 4.57 Å². The molecule has 60 heavy (non-hydrogen) atoms. The second kappa shape index (κ2) is 13.2. The summed E-state index contributed by atoms with van der Waals surface area (Å²) < 4.78 is 2.43. The molecule has 0 atom stereocenters. The topological polar surface area (TPSA) is 11.4 Å². The highest BCUT2D eigenvalue weighted by molar-refractivity contribution is 6.14. The largest absolute Gasteiger partial charge is 0.310 e. The van der Waals surface area contributed by atoms with E-state index in [0.29, 0.717) is 0 Å². The summed E-state index contributed by atoms with van der Waals surface area (Å²) in [6, 6.07) is 78.4. The van der Waals surface area contributed by atoms with E-state index in [1.807, 2.05) is 0 Å². The van der Waals surface area contributed by atoms with Gasteiger partial charge in [-0.3, -0.25) is 0 Å². The summed E-state index contributed by atoms with van der Waals surface area (Å²) in [5.41, 5.74) is 20.1. The van der Waals surface area contributed by atoms with Gasteiger partial charge in [0.25, 0.3) is 0 Å². The Kier molecular flexibility index (Phi) is 7.58. The number of benzene rings is 9. The summed E-state index contributed by atoms with van der Waals surface area (Å²) in [6.45, 7) is 4.72. The molecule has 0 radical (unpaired) electrons. The lowest BCUT2D eigenvalue weighted by Gasteiger charge is -2.30. The lowest BCUT2D eigenvalue weighted by molar-refractivity contribution is 0.660. The van der Waals surface area contributed by atoms with Crippen LogP contribution in [0.4, 0.5) is 34.1 Å². The van der Waals surface area contributed by atoms with Gasteiger partial charge in [-0.05, 0) is 129 Å². The monoisotopic (exact) mass is 767 g/mol. The quantitative estimate of drug-likeness (QED) is 0.177. The highest BCUT2D eigenvalue weighted by Crippen LogP contribution is 2.51. The fourth-order valence-electron chi connectivity index (χ4n) is 10.0. The summed E-state index contributed by atoms with van der Waals surface area (Å²) in [6.07, 6.45) is 0. The van der Waals surface area contributed by atoms with Crippen LogP contribution in [0.3, 0.4) is 0 Å². The molecule has 2 aliphatic rings. The molecule has 12 rings (SSSR count). The maximum absolute atomic E-state index is 2.45. The van der Waals surface area contributed by atoms with Crippen LogP contribution in [0.1, 0.15) is 25.0 Å². The van der Waals surface area contributed by atoms with Gasteiger partial charge in [0.2, 0.25) is 0 Å². The molecular weight excluding hydrogens is 727 g/mol. The summed E-state index contributed by atoms with van der Waals surface area (Å²) in [4.78, 5) is 4.88. The van der Waals surface area contributed by atoms with Gasteiger partial charge in [-0.1, -0.05) is 141 Å². The van der Waals surface area contributed by atoms with Crippen molar-refractivity contribution in [1.82, 2.24) is 4.57 Å². The van der Waals surface area contributed by atoms with Crippen molar-refractivity contribution in [3.05, 3.63) is 223 Å². The molecule has 0 saturated carbocycles. The van der Waals surface area contributed by atoms with E-state index in [-0.39, 0.29) is 5.41 Å². The number of rotatable bonds is 3. The van der Waals surface area contributed by atoms with Crippen LogP contribution in [0, 0.1) is 0 Å². The molecule has 0 saturated heterocycles. The highest BCUT2D eigenvalue weighted by atomic mass is 15.2. The predicted octanol–water partition coefficient (Wildman–Crippen LogP) is 15.7. The van der Waals surface area contributed by atoms with Gasteiger partial charge >= 0.3 is 0 Å². The van der Waals surface area contributed by atoms with Crippen LogP contribution in [-0.2, 0) is 5.41 Å². The lowest BCUT2D eigenvalue weighted by Crippen LogP contribution is -2.16. The summed E-state index contributed by atoms with van der Waals surface area (Å²) in [7, 11) is 0. The molecule has 0 unspecified atom stereocenters. The average Bonchev–Trinajstić information content (AvgIpc) is 3.76. The number of fused-ring (bicyclic) bond motifs is 16. The fourth-order valence-corrected chi connectivity index (χ4v) is 10.0. The fraction of sp³-hybridized carbons (Fsp3) is 0.0526. The molecule has 3 heteroatoms. The van der Waals surface area contributed by atoms with E-state index in [9.17, 15) is 0 Å². The Hall–Kier alpha value is -7.62. The average molecular weight is 768 g/mol. The molecule has 0 fully saturated rings. The second-order valence-corrected chi connectivity index (χ2v) is 16.6. The van der Waals surface area contributed by atoms with Crippen LogP contribution in [0.25, 0.3) is 60.9 Å². The van der Waals surface area contributed by atoms with Crippen molar-refractivity contribution in [2.75, 3.05) is 9.80 Å². The Morgan fingerprint density at radius 1 is 0.333 bits per heavy atom. The zero-order chi connectivity index (χ0) is 40.0. The molecule has 0 spiro atoms. The minimum absolute atomic E-state index is 0.110. The smallest absolute Gasteiger partial charge is 0.0782 e. The first-order valence-corrected chi connectivity index (χ1v) is 20.8. The van der Waals surface area contributed by atoms with Crippen LogP contribution in [0.5, 0.6) is 0 Å². The zero-order valence-corrected chi connectivity index (χ0v) is 33.5. The third-order valence-electron chi connectivity index (χ3n) is 12.8. The molecule has 284 valence electrons. The molecular formula is C57H41N3. The van der Waals surface area contributed by atoms with Gasteiger partial charge in [0.05, 0.1) is 16.7 Å². The van der Waals surface area contributed by atoms with Gasteiger partial charge in [-0.25, -0.2) is 0 Å². The van der Waals surface area contributed by atoms with Crippen molar-refractivity contribution >= 4 is 55.9 Å². The molecule has 2 heterocycles. The van der Waals surface area contributed by atoms with E-state index in [0.717, 1.165) is 62.1 Å². The molecule has 0 N–H and O–H groups in total. The molecule has 0 amide bonds. The molecule has 9 aromatic carbocycles. The standard InChI is InChI=1S/C57H41N3/c1-57(2)52-28-8-6-25-48(52)49-32-31-47(37-53(49)57)58-43-21-10-15-38(33-43)40-17-12-23-45(35-40)59(46-24-13-18-41(36-46)39-16-11-22-44(58)34-39)55-30-14-27-51-50-26-7-9-29-54(50)60(56(51)55)42-19-4-3-5-20-42/h3-37H,1-2H3. The molecule has 1 aliphatic heterocycles. The van der Waals surface area contributed by atoms with Crippen LogP contribution < -0.4 is 9.80 Å². The van der Waals surface area contributed by atoms with E-state index in [2.05, 4.69) is 241 Å². The van der Waals surface area contributed by atoms with Gasteiger partial charge in [-0.15, -0.1) is 0 Å². The van der Waals surface area contributed by atoms with Crippen molar-refractivity contribution in [3.63, 3.8) is 0 Å². The van der Waals surface area contributed by atoms with Gasteiger partial charge < -0.3 is 14.4 Å². The van der Waals surface area contributed by atoms with Crippen molar-refractivity contribution in [2.45, 2.75) is 19.3 Å². The van der Waals surface area contributed by atoms with Crippen molar-refractivity contribution < 1.29 is 0 Å². The van der Waals surface area contributed by atoms with E-state index in [1.54, 1.807) is 0 Å². The normalized spacial score (nSPS) is 13.6.